The number of benzene rings is 2. The largest absolute Gasteiger partial charge is 0.493 e. The Morgan fingerprint density at radius 1 is 1.00 bits per heavy atom. The number of carbonyl (C=O) groups is 1. The molecule has 0 saturated carbocycles. The number of nitrogens with two attached hydrogens (primary N) is 1. The molecule has 7 heteroatoms. The second kappa shape index (κ2) is 10.7. The number of methoxy groups -OCH3 is 2. The molecule has 2 aromatic rings. The van der Waals surface area contributed by atoms with Crippen LogP contribution in [0.2, 0.25) is 0 Å². The summed E-state index contributed by atoms with van der Waals surface area (Å²) in [5.41, 5.74) is 10.1. The van der Waals surface area contributed by atoms with Gasteiger partial charge in [-0.25, -0.2) is 0 Å². The summed E-state index contributed by atoms with van der Waals surface area (Å²) in [4.78, 5) is 20.6. The van der Waals surface area contributed by atoms with Crippen molar-refractivity contribution in [3.05, 3.63) is 53.1 Å². The van der Waals surface area contributed by atoms with Crippen molar-refractivity contribution in [1.82, 2.24) is 9.80 Å². The molecule has 2 heterocycles. The molecule has 1 fully saturated rings. The number of hydrogen-bond donors (Lipinski definition) is 1. The van der Waals surface area contributed by atoms with E-state index in [9.17, 15) is 4.79 Å². The predicted octanol–water partition coefficient (Wildman–Crippen LogP) is 3.67. The van der Waals surface area contributed by atoms with Crippen molar-refractivity contribution < 1.29 is 14.3 Å². The standard InChI is InChI=1S/C27H38N4O3/c1-19(2)29-13-15-30(16-14-29)24-8-5-7-21-22(24)18-31(27(21)32)23(9-6-12-28)20-10-11-25(33-3)26(17-20)34-4/h5,7-8,10-11,17,19,23H,6,9,12-16,18,28H2,1-4H3/t23-/m1/s1. The van der Waals surface area contributed by atoms with Gasteiger partial charge in [0, 0.05) is 55.6 Å². The first-order valence-corrected chi connectivity index (χ1v) is 12.3. The van der Waals surface area contributed by atoms with Crippen LogP contribution in [0.4, 0.5) is 5.69 Å². The Balaban J connectivity index is 1.62. The van der Waals surface area contributed by atoms with Crippen LogP contribution in [-0.4, -0.2) is 68.7 Å². The highest BCUT2D eigenvalue weighted by Crippen LogP contribution is 2.40. The first-order valence-electron chi connectivity index (χ1n) is 12.3. The highest BCUT2D eigenvalue weighted by Gasteiger charge is 2.36. The summed E-state index contributed by atoms with van der Waals surface area (Å²) < 4.78 is 11.0. The third-order valence-corrected chi connectivity index (χ3v) is 7.21. The van der Waals surface area contributed by atoms with E-state index in [0.29, 0.717) is 30.6 Å². The first-order chi connectivity index (χ1) is 16.5. The highest BCUT2D eigenvalue weighted by molar-refractivity contribution is 6.00. The maximum atomic E-state index is 13.6. The van der Waals surface area contributed by atoms with E-state index in [1.807, 2.05) is 35.2 Å². The van der Waals surface area contributed by atoms with Crippen LogP contribution in [0.15, 0.2) is 36.4 Å². The summed E-state index contributed by atoms with van der Waals surface area (Å²) in [6, 6.07) is 12.6. The molecule has 184 valence electrons. The Bertz CT molecular complexity index is 1000. The molecular formula is C27H38N4O3. The molecule has 4 rings (SSSR count). The first kappa shape index (κ1) is 24.4. The number of piperazine rings is 1. The molecule has 34 heavy (non-hydrogen) atoms. The number of hydrogen-bond acceptors (Lipinski definition) is 6. The fourth-order valence-corrected chi connectivity index (χ4v) is 5.24. The van der Waals surface area contributed by atoms with Gasteiger partial charge in [0.2, 0.25) is 0 Å². The number of fused-ring (bicyclic) bond motifs is 1. The van der Waals surface area contributed by atoms with Crippen LogP contribution in [-0.2, 0) is 6.54 Å². The van der Waals surface area contributed by atoms with E-state index in [1.165, 1.54) is 5.69 Å². The molecule has 0 aromatic heterocycles. The van der Waals surface area contributed by atoms with Crippen LogP contribution in [0.25, 0.3) is 0 Å². The average Bonchev–Trinajstić information content (AvgIpc) is 3.20. The summed E-state index contributed by atoms with van der Waals surface area (Å²) in [6.07, 6.45) is 1.64. The van der Waals surface area contributed by atoms with Crippen molar-refractivity contribution in [3.63, 3.8) is 0 Å². The zero-order valence-corrected chi connectivity index (χ0v) is 20.9. The van der Waals surface area contributed by atoms with Crippen LogP contribution < -0.4 is 20.1 Å². The van der Waals surface area contributed by atoms with Gasteiger partial charge in [-0.05, 0) is 63.1 Å². The molecule has 0 radical (unpaired) electrons. The van der Waals surface area contributed by atoms with E-state index in [0.717, 1.165) is 55.7 Å². The van der Waals surface area contributed by atoms with Crippen LogP contribution in [0.3, 0.4) is 0 Å². The topological polar surface area (TPSA) is 71.3 Å². The van der Waals surface area contributed by atoms with Crippen molar-refractivity contribution >= 4 is 11.6 Å². The molecule has 1 atom stereocenters. The number of rotatable bonds is 9. The fraction of sp³-hybridized carbons (Fsp3) is 0.519. The van der Waals surface area contributed by atoms with Crippen molar-refractivity contribution in [2.24, 2.45) is 5.73 Å². The monoisotopic (exact) mass is 466 g/mol. The fourth-order valence-electron chi connectivity index (χ4n) is 5.24. The molecule has 0 aliphatic carbocycles. The molecule has 0 bridgehead atoms. The van der Waals surface area contributed by atoms with Gasteiger partial charge in [-0.15, -0.1) is 0 Å². The molecule has 7 nitrogen and oxygen atoms in total. The number of nitrogens with zero attached hydrogens (tertiary/aromatic N) is 3. The zero-order chi connectivity index (χ0) is 24.2. The number of carbonyl (C=O) groups excluding carboxylic acids is 1. The second-order valence-electron chi connectivity index (χ2n) is 9.41. The van der Waals surface area contributed by atoms with Gasteiger partial charge in [0.1, 0.15) is 0 Å². The van der Waals surface area contributed by atoms with E-state index >= 15 is 0 Å². The summed E-state index contributed by atoms with van der Waals surface area (Å²) in [5, 5.41) is 0. The van der Waals surface area contributed by atoms with Crippen LogP contribution in [0, 0.1) is 0 Å². The van der Waals surface area contributed by atoms with Gasteiger partial charge in [0.05, 0.1) is 20.3 Å². The van der Waals surface area contributed by atoms with Crippen LogP contribution in [0.5, 0.6) is 11.5 Å². The van der Waals surface area contributed by atoms with Crippen molar-refractivity contribution in [2.45, 2.75) is 45.3 Å². The van der Waals surface area contributed by atoms with Gasteiger partial charge in [-0.3, -0.25) is 9.69 Å². The molecule has 2 aliphatic rings. The molecule has 2 aromatic carbocycles. The third kappa shape index (κ3) is 4.72. The van der Waals surface area contributed by atoms with Gasteiger partial charge in [0.25, 0.3) is 5.91 Å². The summed E-state index contributed by atoms with van der Waals surface area (Å²) in [7, 11) is 3.27. The second-order valence-corrected chi connectivity index (χ2v) is 9.41. The summed E-state index contributed by atoms with van der Waals surface area (Å²) in [5.74, 6) is 1.45. The molecule has 2 aliphatic heterocycles. The summed E-state index contributed by atoms with van der Waals surface area (Å²) in [6.45, 7) is 9.75. The lowest BCUT2D eigenvalue weighted by Gasteiger charge is -2.38. The molecular weight excluding hydrogens is 428 g/mol. The molecule has 0 unspecified atom stereocenters. The average molecular weight is 467 g/mol. The minimum Gasteiger partial charge on any atom is -0.493 e. The van der Waals surface area contributed by atoms with Crippen LogP contribution >= 0.6 is 0 Å². The lowest BCUT2D eigenvalue weighted by atomic mass is 9.99. The maximum Gasteiger partial charge on any atom is 0.255 e. The highest BCUT2D eigenvalue weighted by atomic mass is 16.5. The van der Waals surface area contributed by atoms with E-state index in [1.54, 1.807) is 14.2 Å². The van der Waals surface area contributed by atoms with Gasteiger partial charge in [-0.2, -0.15) is 0 Å². The quantitative estimate of drug-likeness (QED) is 0.608. The lowest BCUT2D eigenvalue weighted by Crippen LogP contribution is -2.49. The minimum atomic E-state index is -0.0751. The minimum absolute atomic E-state index is 0.0751. The molecule has 2 N–H and O–H groups in total. The normalized spacial score (nSPS) is 17.3. The number of anilines is 1. The van der Waals surface area contributed by atoms with Crippen molar-refractivity contribution in [1.29, 1.82) is 0 Å². The SMILES string of the molecule is COc1ccc([C@@H](CCCN)N2Cc3c(cccc3N3CCN(C(C)C)CC3)C2=O)cc1OC. The molecule has 1 saturated heterocycles. The zero-order valence-electron chi connectivity index (χ0n) is 20.9. The van der Waals surface area contributed by atoms with Crippen molar-refractivity contribution in [2.75, 3.05) is 51.8 Å². The van der Waals surface area contributed by atoms with Gasteiger partial charge in [-0.1, -0.05) is 12.1 Å². The summed E-state index contributed by atoms with van der Waals surface area (Å²) >= 11 is 0. The van der Waals surface area contributed by atoms with E-state index in [4.69, 9.17) is 15.2 Å². The predicted molar refractivity (Wildman–Crippen MR) is 136 cm³/mol. The van der Waals surface area contributed by atoms with Crippen LogP contribution in [0.1, 0.15) is 54.2 Å². The van der Waals surface area contributed by atoms with E-state index in [2.05, 4.69) is 29.7 Å². The molecule has 1 amide bonds. The van der Waals surface area contributed by atoms with Crippen molar-refractivity contribution in [3.8, 4) is 11.5 Å². The number of amides is 1. The van der Waals surface area contributed by atoms with E-state index < -0.39 is 0 Å². The Kier molecular flexibility index (Phi) is 7.63. The Morgan fingerprint density at radius 3 is 2.38 bits per heavy atom. The maximum absolute atomic E-state index is 13.6. The van der Waals surface area contributed by atoms with E-state index in [-0.39, 0.29) is 11.9 Å². The van der Waals surface area contributed by atoms with Gasteiger partial charge in [0.15, 0.2) is 11.5 Å². The number of ether oxygens (including phenoxy) is 2. The Morgan fingerprint density at radius 2 is 1.74 bits per heavy atom. The molecule has 0 spiro atoms. The third-order valence-electron chi connectivity index (χ3n) is 7.21. The lowest BCUT2D eigenvalue weighted by molar-refractivity contribution is 0.0689. The Labute approximate surface area is 203 Å². The smallest absolute Gasteiger partial charge is 0.255 e. The Hall–Kier alpha value is -2.77. The van der Waals surface area contributed by atoms with Gasteiger partial charge >= 0.3 is 0 Å². The van der Waals surface area contributed by atoms with Gasteiger partial charge < -0.3 is 25.0 Å².